The predicted molar refractivity (Wildman–Crippen MR) is 79.3 cm³/mol. The van der Waals surface area contributed by atoms with E-state index in [4.69, 9.17) is 5.73 Å². The van der Waals surface area contributed by atoms with E-state index in [0.717, 1.165) is 17.7 Å². The summed E-state index contributed by atoms with van der Waals surface area (Å²) in [6.45, 7) is 4.52. The Bertz CT molecular complexity index is 394. The van der Waals surface area contributed by atoms with E-state index in [1.807, 2.05) is 13.8 Å². The molecule has 5 heteroatoms. The maximum atomic E-state index is 11.9. The lowest BCUT2D eigenvalue weighted by molar-refractivity contribution is -0.120. The zero-order chi connectivity index (χ0) is 14.3. The van der Waals surface area contributed by atoms with Crippen LogP contribution in [0.3, 0.4) is 0 Å². The van der Waals surface area contributed by atoms with Crippen molar-refractivity contribution in [2.75, 3.05) is 12.3 Å². The van der Waals surface area contributed by atoms with Gasteiger partial charge in [0.15, 0.2) is 0 Å². The molecule has 4 nitrogen and oxygen atoms in total. The summed E-state index contributed by atoms with van der Waals surface area (Å²) in [6.07, 6.45) is 1.66. The first-order chi connectivity index (χ1) is 9.05. The van der Waals surface area contributed by atoms with Crippen LogP contribution in [0.25, 0.3) is 0 Å². The third-order valence-electron chi connectivity index (χ3n) is 3.36. The molecule has 0 atom stereocenters. The molecule has 0 aromatic heterocycles. The van der Waals surface area contributed by atoms with Gasteiger partial charge in [-0.3, -0.25) is 4.79 Å². The van der Waals surface area contributed by atoms with Crippen LogP contribution in [0.5, 0.6) is 5.75 Å². The molecule has 0 radical (unpaired) electrons. The van der Waals surface area contributed by atoms with E-state index in [1.54, 1.807) is 24.3 Å². The maximum Gasteiger partial charge on any atom is 0.230 e. The molecule has 1 amide bonds. The Morgan fingerprint density at radius 3 is 2.37 bits per heavy atom. The molecule has 0 aliphatic heterocycles. The van der Waals surface area contributed by atoms with Crippen LogP contribution in [-0.4, -0.2) is 28.9 Å². The van der Waals surface area contributed by atoms with Gasteiger partial charge in [-0.25, -0.2) is 0 Å². The number of hydrogen-bond acceptors (Lipinski definition) is 4. The zero-order valence-electron chi connectivity index (χ0n) is 11.5. The van der Waals surface area contributed by atoms with Crippen LogP contribution in [0.1, 0.15) is 26.7 Å². The smallest absolute Gasteiger partial charge is 0.230 e. The van der Waals surface area contributed by atoms with Crippen LogP contribution in [0, 0.1) is 0 Å². The molecule has 0 heterocycles. The second-order valence-corrected chi connectivity index (χ2v) is 5.57. The van der Waals surface area contributed by atoms with Gasteiger partial charge in [-0.1, -0.05) is 13.8 Å². The number of rotatable bonds is 7. The van der Waals surface area contributed by atoms with E-state index in [-0.39, 0.29) is 17.2 Å². The molecule has 0 aliphatic rings. The third-order valence-corrected chi connectivity index (χ3v) is 4.37. The number of nitrogens with one attached hydrogen (secondary N) is 1. The van der Waals surface area contributed by atoms with Gasteiger partial charge in [0.1, 0.15) is 5.75 Å². The molecular formula is C14H22N2O2S. The average molecular weight is 282 g/mol. The zero-order valence-corrected chi connectivity index (χ0v) is 12.3. The summed E-state index contributed by atoms with van der Waals surface area (Å²) in [6, 6.07) is 6.82. The van der Waals surface area contributed by atoms with Crippen molar-refractivity contribution in [2.24, 2.45) is 5.73 Å². The maximum absolute atomic E-state index is 11.9. The molecule has 0 saturated heterocycles. The van der Waals surface area contributed by atoms with Crippen molar-refractivity contribution >= 4 is 17.7 Å². The van der Waals surface area contributed by atoms with Crippen LogP contribution in [0.15, 0.2) is 29.2 Å². The van der Waals surface area contributed by atoms with E-state index in [0.29, 0.717) is 12.3 Å². The average Bonchev–Trinajstić information content (AvgIpc) is 2.44. The fourth-order valence-electron chi connectivity index (χ4n) is 1.79. The van der Waals surface area contributed by atoms with Crippen LogP contribution < -0.4 is 11.1 Å². The van der Waals surface area contributed by atoms with Crippen molar-refractivity contribution in [3.8, 4) is 5.75 Å². The topological polar surface area (TPSA) is 75.3 Å². The molecular weight excluding hydrogens is 260 g/mol. The van der Waals surface area contributed by atoms with Crippen molar-refractivity contribution in [2.45, 2.75) is 37.1 Å². The minimum absolute atomic E-state index is 0.00720. The second-order valence-electron chi connectivity index (χ2n) is 4.52. The molecule has 1 rings (SSSR count). The highest BCUT2D eigenvalue weighted by atomic mass is 32.2. The Labute approximate surface area is 118 Å². The van der Waals surface area contributed by atoms with E-state index in [2.05, 4.69) is 5.32 Å². The number of thioether (sulfide) groups is 1. The summed E-state index contributed by atoms with van der Waals surface area (Å²) in [5.41, 5.74) is 5.47. The number of phenols is 1. The van der Waals surface area contributed by atoms with E-state index < -0.39 is 0 Å². The van der Waals surface area contributed by atoms with E-state index >= 15 is 0 Å². The number of phenolic OH excluding ortho intramolecular Hbond substituents is 1. The van der Waals surface area contributed by atoms with Gasteiger partial charge in [0.25, 0.3) is 0 Å². The van der Waals surface area contributed by atoms with Gasteiger partial charge in [0.05, 0.1) is 11.3 Å². The van der Waals surface area contributed by atoms with Gasteiger partial charge in [0, 0.05) is 11.4 Å². The third kappa shape index (κ3) is 4.76. The summed E-state index contributed by atoms with van der Waals surface area (Å²) >= 11 is 1.45. The normalized spacial score (nSPS) is 11.3. The fourth-order valence-corrected chi connectivity index (χ4v) is 2.49. The van der Waals surface area contributed by atoms with E-state index in [9.17, 15) is 9.90 Å². The van der Waals surface area contributed by atoms with Gasteiger partial charge in [-0.2, -0.15) is 0 Å². The molecule has 0 spiro atoms. The van der Waals surface area contributed by atoms with Crippen molar-refractivity contribution in [3.63, 3.8) is 0 Å². The molecule has 0 fully saturated rings. The molecule has 0 bridgehead atoms. The van der Waals surface area contributed by atoms with Crippen molar-refractivity contribution < 1.29 is 9.90 Å². The molecule has 1 aromatic carbocycles. The van der Waals surface area contributed by atoms with Crippen molar-refractivity contribution in [3.05, 3.63) is 24.3 Å². The summed E-state index contributed by atoms with van der Waals surface area (Å²) in [5.74, 6) is 0.576. The lowest BCUT2D eigenvalue weighted by atomic mass is 9.93. The SMILES string of the molecule is CCC(CC)(CN)NC(=O)CSc1ccc(O)cc1. The predicted octanol–water partition coefficient (Wildman–Crippen LogP) is 2.12. The number of benzene rings is 1. The molecule has 106 valence electrons. The second kappa shape index (κ2) is 7.40. The van der Waals surface area contributed by atoms with E-state index in [1.165, 1.54) is 11.8 Å². The Kier molecular flexibility index (Phi) is 6.18. The lowest BCUT2D eigenvalue weighted by Crippen LogP contribution is -2.53. The number of carbonyl (C=O) groups excluding carboxylic acids is 1. The molecule has 1 aromatic rings. The van der Waals surface area contributed by atoms with Crippen LogP contribution >= 0.6 is 11.8 Å². The number of carbonyl (C=O) groups is 1. The van der Waals surface area contributed by atoms with Crippen molar-refractivity contribution in [1.82, 2.24) is 5.32 Å². The monoisotopic (exact) mass is 282 g/mol. The van der Waals surface area contributed by atoms with Gasteiger partial charge in [-0.05, 0) is 37.1 Å². The Morgan fingerprint density at radius 1 is 1.32 bits per heavy atom. The summed E-state index contributed by atoms with van der Waals surface area (Å²) < 4.78 is 0. The lowest BCUT2D eigenvalue weighted by Gasteiger charge is -2.31. The van der Waals surface area contributed by atoms with Crippen molar-refractivity contribution in [1.29, 1.82) is 0 Å². The van der Waals surface area contributed by atoms with Crippen LogP contribution in [-0.2, 0) is 4.79 Å². The summed E-state index contributed by atoms with van der Waals surface area (Å²) in [5, 5.41) is 12.2. The van der Waals surface area contributed by atoms with Gasteiger partial charge < -0.3 is 16.2 Å². The first kappa shape index (κ1) is 15.9. The fraction of sp³-hybridized carbons (Fsp3) is 0.500. The highest BCUT2D eigenvalue weighted by Crippen LogP contribution is 2.21. The number of hydrogen-bond donors (Lipinski definition) is 3. The number of amides is 1. The van der Waals surface area contributed by atoms with Gasteiger partial charge in [-0.15, -0.1) is 11.8 Å². The van der Waals surface area contributed by atoms with Crippen LogP contribution in [0.2, 0.25) is 0 Å². The minimum atomic E-state index is -0.285. The van der Waals surface area contributed by atoms with Crippen LogP contribution in [0.4, 0.5) is 0 Å². The number of nitrogens with two attached hydrogens (primary N) is 1. The summed E-state index contributed by atoms with van der Waals surface area (Å²) in [4.78, 5) is 12.9. The molecule has 0 unspecified atom stereocenters. The summed E-state index contributed by atoms with van der Waals surface area (Å²) in [7, 11) is 0. The van der Waals surface area contributed by atoms with Gasteiger partial charge in [0.2, 0.25) is 5.91 Å². The highest BCUT2D eigenvalue weighted by molar-refractivity contribution is 8.00. The molecule has 0 aliphatic carbocycles. The Balaban J connectivity index is 2.49. The van der Waals surface area contributed by atoms with Gasteiger partial charge >= 0.3 is 0 Å². The molecule has 0 saturated carbocycles. The Morgan fingerprint density at radius 2 is 1.89 bits per heavy atom. The molecule has 4 N–H and O–H groups in total. The Hall–Kier alpha value is -1.20. The quantitative estimate of drug-likeness (QED) is 0.670. The highest BCUT2D eigenvalue weighted by Gasteiger charge is 2.25. The number of aromatic hydroxyl groups is 1. The first-order valence-electron chi connectivity index (χ1n) is 6.48. The minimum Gasteiger partial charge on any atom is -0.508 e. The largest absolute Gasteiger partial charge is 0.508 e. The first-order valence-corrected chi connectivity index (χ1v) is 7.46. The standard InChI is InChI=1S/C14H22N2O2S/c1-3-14(4-2,10-15)16-13(18)9-19-12-7-5-11(17)6-8-12/h5-8,17H,3-4,9-10,15H2,1-2H3,(H,16,18). The molecule has 19 heavy (non-hydrogen) atoms.